The van der Waals surface area contributed by atoms with Crippen LogP contribution in [-0.2, 0) is 4.74 Å². The van der Waals surface area contributed by atoms with Gasteiger partial charge in [0.05, 0.1) is 18.2 Å². The molecular formula is C14H26N2O3. The number of nitrogens with zero attached hydrogens (tertiary/aromatic N) is 1. The van der Waals surface area contributed by atoms with E-state index in [0.29, 0.717) is 0 Å². The monoisotopic (exact) mass is 270 g/mol. The first-order chi connectivity index (χ1) is 8.85. The molecule has 0 aromatic carbocycles. The molecule has 19 heavy (non-hydrogen) atoms. The van der Waals surface area contributed by atoms with Crippen LogP contribution in [0.25, 0.3) is 0 Å². The zero-order valence-electron chi connectivity index (χ0n) is 12.4. The van der Waals surface area contributed by atoms with Gasteiger partial charge in [0.15, 0.2) is 0 Å². The van der Waals surface area contributed by atoms with Gasteiger partial charge in [-0.3, -0.25) is 0 Å². The summed E-state index contributed by atoms with van der Waals surface area (Å²) >= 11 is 0. The molecule has 0 unspecified atom stereocenters. The van der Waals surface area contributed by atoms with Gasteiger partial charge in [-0.25, -0.2) is 4.79 Å². The minimum atomic E-state index is -0.174. The Morgan fingerprint density at radius 2 is 2.16 bits per heavy atom. The van der Waals surface area contributed by atoms with Crippen molar-refractivity contribution in [3.63, 3.8) is 0 Å². The Morgan fingerprint density at radius 3 is 2.68 bits per heavy atom. The minimum absolute atomic E-state index is 0.0167. The predicted molar refractivity (Wildman–Crippen MR) is 72.9 cm³/mol. The first kappa shape index (κ1) is 14.6. The van der Waals surface area contributed by atoms with Gasteiger partial charge in [0.2, 0.25) is 0 Å². The topological polar surface area (TPSA) is 61.8 Å². The smallest absolute Gasteiger partial charge is 0.317 e. The number of urea groups is 1. The number of rotatable bonds is 3. The molecule has 0 spiro atoms. The molecule has 2 amide bonds. The molecule has 1 saturated carbocycles. The largest absolute Gasteiger partial charge is 0.394 e. The van der Waals surface area contributed by atoms with E-state index in [4.69, 9.17) is 4.74 Å². The van der Waals surface area contributed by atoms with Gasteiger partial charge in [0, 0.05) is 25.1 Å². The lowest BCUT2D eigenvalue weighted by molar-refractivity contribution is -0.177. The summed E-state index contributed by atoms with van der Waals surface area (Å²) in [5, 5.41) is 12.4. The summed E-state index contributed by atoms with van der Waals surface area (Å²) in [6.07, 6.45) is 2.70. The first-order valence-electron chi connectivity index (χ1n) is 7.09. The summed E-state index contributed by atoms with van der Waals surface area (Å²) in [4.78, 5) is 14.0. The molecule has 0 bridgehead atoms. The SMILES string of the molecule is CO[C@@]1(C)C[C@H](NC(=O)N2CCC[C@@H]2CO)C1(C)C. The number of likely N-dealkylation sites (tertiary alicyclic amines) is 1. The van der Waals surface area contributed by atoms with Crippen LogP contribution in [0, 0.1) is 5.41 Å². The third-order valence-corrected chi connectivity index (χ3v) is 5.42. The van der Waals surface area contributed by atoms with E-state index in [9.17, 15) is 9.90 Å². The number of nitrogens with one attached hydrogen (secondary N) is 1. The summed E-state index contributed by atoms with van der Waals surface area (Å²) in [5.74, 6) is 0. The molecule has 5 nitrogen and oxygen atoms in total. The van der Waals surface area contributed by atoms with E-state index in [1.807, 2.05) is 0 Å². The highest BCUT2D eigenvalue weighted by Crippen LogP contribution is 2.51. The molecule has 2 aliphatic rings. The summed E-state index contributed by atoms with van der Waals surface area (Å²) in [7, 11) is 1.72. The maximum atomic E-state index is 12.3. The molecule has 2 N–H and O–H groups in total. The average molecular weight is 270 g/mol. The number of amides is 2. The third-order valence-electron chi connectivity index (χ3n) is 5.42. The van der Waals surface area contributed by atoms with Crippen molar-refractivity contribution in [3.8, 4) is 0 Å². The summed E-state index contributed by atoms with van der Waals surface area (Å²) in [6, 6.07) is 0.0645. The van der Waals surface area contributed by atoms with E-state index in [2.05, 4.69) is 26.1 Å². The first-order valence-corrected chi connectivity index (χ1v) is 7.09. The van der Waals surface area contributed by atoms with Crippen molar-refractivity contribution in [1.82, 2.24) is 10.2 Å². The van der Waals surface area contributed by atoms with Crippen LogP contribution in [0.3, 0.4) is 0 Å². The third kappa shape index (κ3) is 2.23. The Morgan fingerprint density at radius 1 is 1.47 bits per heavy atom. The minimum Gasteiger partial charge on any atom is -0.394 e. The zero-order valence-corrected chi connectivity index (χ0v) is 12.4. The molecule has 1 aliphatic heterocycles. The van der Waals surface area contributed by atoms with E-state index < -0.39 is 0 Å². The van der Waals surface area contributed by atoms with Crippen LogP contribution in [0.2, 0.25) is 0 Å². The normalized spacial score (nSPS) is 37.0. The van der Waals surface area contributed by atoms with Gasteiger partial charge in [-0.05, 0) is 26.2 Å². The maximum absolute atomic E-state index is 12.3. The standard InChI is InChI=1S/C14H26N2O3/c1-13(2)11(8-14(13,3)19-4)15-12(18)16-7-5-6-10(16)9-17/h10-11,17H,5-9H2,1-4H3,(H,15,18)/t10-,11+,14+/m1/s1. The van der Waals surface area contributed by atoms with Crippen molar-refractivity contribution in [2.75, 3.05) is 20.3 Å². The van der Waals surface area contributed by atoms with Gasteiger partial charge >= 0.3 is 6.03 Å². The number of carbonyl (C=O) groups excluding carboxylic acids is 1. The number of carbonyl (C=O) groups is 1. The molecule has 5 heteroatoms. The molecule has 1 heterocycles. The fraction of sp³-hybridized carbons (Fsp3) is 0.929. The summed E-state index contributed by atoms with van der Waals surface area (Å²) in [5.41, 5.74) is -0.252. The Labute approximate surface area is 115 Å². The van der Waals surface area contributed by atoms with Crippen molar-refractivity contribution in [2.45, 2.75) is 57.7 Å². The fourth-order valence-electron chi connectivity index (χ4n) is 3.25. The highest BCUT2D eigenvalue weighted by molar-refractivity contribution is 5.75. The van der Waals surface area contributed by atoms with Gasteiger partial charge in [0.1, 0.15) is 0 Å². The summed E-state index contributed by atoms with van der Waals surface area (Å²) < 4.78 is 5.56. The van der Waals surface area contributed by atoms with E-state index in [-0.39, 0.29) is 35.7 Å². The van der Waals surface area contributed by atoms with Gasteiger partial charge in [0.25, 0.3) is 0 Å². The Balaban J connectivity index is 1.94. The molecular weight excluding hydrogens is 244 g/mol. The highest BCUT2D eigenvalue weighted by atomic mass is 16.5. The highest BCUT2D eigenvalue weighted by Gasteiger charge is 2.58. The number of hydrogen-bond acceptors (Lipinski definition) is 3. The zero-order chi connectivity index (χ0) is 14.3. The number of ether oxygens (including phenoxy) is 1. The number of aliphatic hydroxyl groups is 1. The lowest BCUT2D eigenvalue weighted by atomic mass is 9.56. The predicted octanol–water partition coefficient (Wildman–Crippen LogP) is 1.36. The molecule has 2 rings (SSSR count). The molecule has 2 fully saturated rings. The summed E-state index contributed by atoms with van der Waals surface area (Å²) in [6.45, 7) is 7.13. The molecule has 110 valence electrons. The van der Waals surface area contributed by atoms with Gasteiger partial charge < -0.3 is 20.1 Å². The molecule has 0 radical (unpaired) electrons. The van der Waals surface area contributed by atoms with Crippen molar-refractivity contribution >= 4 is 6.03 Å². The Kier molecular flexibility index (Phi) is 3.80. The second-order valence-corrected chi connectivity index (χ2v) is 6.53. The Hall–Kier alpha value is -0.810. The van der Waals surface area contributed by atoms with Crippen LogP contribution >= 0.6 is 0 Å². The van der Waals surface area contributed by atoms with Crippen LogP contribution in [0.1, 0.15) is 40.0 Å². The number of hydrogen-bond donors (Lipinski definition) is 2. The second-order valence-electron chi connectivity index (χ2n) is 6.53. The van der Waals surface area contributed by atoms with E-state index in [1.165, 1.54) is 0 Å². The number of methoxy groups -OCH3 is 1. The average Bonchev–Trinajstić information content (AvgIpc) is 2.86. The van der Waals surface area contributed by atoms with Crippen LogP contribution in [0.15, 0.2) is 0 Å². The van der Waals surface area contributed by atoms with Crippen LogP contribution in [-0.4, -0.2) is 54.0 Å². The molecule has 0 aromatic rings. The van der Waals surface area contributed by atoms with Gasteiger partial charge in [-0.15, -0.1) is 0 Å². The molecule has 1 saturated heterocycles. The van der Waals surface area contributed by atoms with E-state index >= 15 is 0 Å². The van der Waals surface area contributed by atoms with Crippen LogP contribution in [0.4, 0.5) is 4.79 Å². The number of aliphatic hydroxyl groups excluding tert-OH is 1. The van der Waals surface area contributed by atoms with E-state index in [1.54, 1.807) is 12.0 Å². The quantitative estimate of drug-likeness (QED) is 0.814. The molecule has 3 atom stereocenters. The van der Waals surface area contributed by atoms with Gasteiger partial charge in [-0.2, -0.15) is 0 Å². The molecule has 1 aliphatic carbocycles. The maximum Gasteiger partial charge on any atom is 0.317 e. The second kappa shape index (κ2) is 4.94. The van der Waals surface area contributed by atoms with Gasteiger partial charge in [-0.1, -0.05) is 13.8 Å². The Bertz CT molecular complexity index is 359. The van der Waals surface area contributed by atoms with Crippen molar-refractivity contribution in [2.24, 2.45) is 5.41 Å². The lowest BCUT2D eigenvalue weighted by Gasteiger charge is -2.59. The fourth-order valence-corrected chi connectivity index (χ4v) is 3.25. The van der Waals surface area contributed by atoms with Crippen molar-refractivity contribution < 1.29 is 14.6 Å². The van der Waals surface area contributed by atoms with Crippen molar-refractivity contribution in [3.05, 3.63) is 0 Å². The van der Waals surface area contributed by atoms with E-state index in [0.717, 1.165) is 25.8 Å². The molecule has 0 aromatic heterocycles. The van der Waals surface area contributed by atoms with Crippen LogP contribution in [0.5, 0.6) is 0 Å². The van der Waals surface area contributed by atoms with Crippen molar-refractivity contribution in [1.29, 1.82) is 0 Å². The van der Waals surface area contributed by atoms with Crippen LogP contribution < -0.4 is 5.32 Å². The lowest BCUT2D eigenvalue weighted by Crippen LogP contribution is -2.69.